The van der Waals surface area contributed by atoms with Crippen molar-refractivity contribution in [3.05, 3.63) is 54.1 Å². The van der Waals surface area contributed by atoms with Crippen molar-refractivity contribution in [2.75, 3.05) is 18.3 Å². The lowest BCUT2D eigenvalue weighted by Gasteiger charge is -2.36. The predicted molar refractivity (Wildman–Crippen MR) is 143 cm³/mol. The van der Waals surface area contributed by atoms with E-state index in [4.69, 9.17) is 5.73 Å². The van der Waals surface area contributed by atoms with Crippen molar-refractivity contribution >= 4 is 26.9 Å². The molecule has 0 aromatic heterocycles. The number of rotatable bonds is 9. The average molecular weight is 582 g/mol. The second kappa shape index (κ2) is 10.8. The van der Waals surface area contributed by atoms with E-state index in [1.807, 2.05) is 0 Å². The molecular formula is C27H30F3N3O4S2. The highest BCUT2D eigenvalue weighted by atomic mass is 32.2. The number of amides is 1. The van der Waals surface area contributed by atoms with Crippen LogP contribution in [0.15, 0.2) is 53.4 Å². The van der Waals surface area contributed by atoms with Gasteiger partial charge in [0.2, 0.25) is 11.4 Å². The van der Waals surface area contributed by atoms with E-state index in [-0.39, 0.29) is 11.5 Å². The minimum Gasteiger partial charge on any atom is -0.612 e. The number of halogens is 3. The molecule has 2 saturated carbocycles. The highest BCUT2D eigenvalue weighted by Gasteiger charge is 2.57. The largest absolute Gasteiger partial charge is 0.612 e. The molecule has 2 aliphatic carbocycles. The molecule has 2 aromatic rings. The molecule has 0 aliphatic heterocycles. The van der Waals surface area contributed by atoms with Crippen molar-refractivity contribution in [2.45, 2.75) is 54.0 Å². The van der Waals surface area contributed by atoms with E-state index < -0.39 is 56.1 Å². The molecular weight excluding hydrogens is 551 g/mol. The molecule has 7 nitrogen and oxygen atoms in total. The van der Waals surface area contributed by atoms with Crippen molar-refractivity contribution in [3.63, 3.8) is 0 Å². The number of nitrogens with two attached hydrogens (primary N) is 1. The van der Waals surface area contributed by atoms with Gasteiger partial charge in [-0.1, -0.05) is 36.1 Å². The Morgan fingerprint density at radius 1 is 1.13 bits per heavy atom. The van der Waals surface area contributed by atoms with Crippen molar-refractivity contribution in [1.82, 2.24) is 10.6 Å². The molecule has 3 atom stereocenters. The van der Waals surface area contributed by atoms with Gasteiger partial charge in [0.25, 0.3) is 0 Å². The van der Waals surface area contributed by atoms with Crippen LogP contribution in [0, 0.1) is 17.8 Å². The summed E-state index contributed by atoms with van der Waals surface area (Å²) in [4.78, 5) is 13.6. The molecule has 0 saturated heterocycles. The van der Waals surface area contributed by atoms with Gasteiger partial charge in [0.15, 0.2) is 4.90 Å². The topological polar surface area (TPSA) is 124 Å². The van der Waals surface area contributed by atoms with Crippen LogP contribution in [0.2, 0.25) is 0 Å². The Hall–Kier alpha value is -2.56. The summed E-state index contributed by atoms with van der Waals surface area (Å²) in [5.41, 5.74) is 2.90. The molecule has 1 unspecified atom stereocenters. The summed E-state index contributed by atoms with van der Waals surface area (Å²) in [6, 6.07) is 10.6. The third-order valence-corrected chi connectivity index (χ3v) is 8.52. The summed E-state index contributed by atoms with van der Waals surface area (Å²) in [7, 11) is -3.88. The van der Waals surface area contributed by atoms with Gasteiger partial charge in [0, 0.05) is 12.2 Å². The minimum atomic E-state index is -5.01. The molecule has 210 valence electrons. The van der Waals surface area contributed by atoms with E-state index in [1.54, 1.807) is 30.5 Å². The van der Waals surface area contributed by atoms with Gasteiger partial charge < -0.3 is 15.6 Å². The molecule has 0 bridgehead atoms. The van der Waals surface area contributed by atoms with Crippen LogP contribution in [-0.2, 0) is 31.3 Å². The summed E-state index contributed by atoms with van der Waals surface area (Å²) in [5, 5.41) is 4.79. The van der Waals surface area contributed by atoms with Crippen LogP contribution in [0.3, 0.4) is 0 Å². The van der Waals surface area contributed by atoms with Gasteiger partial charge >= 0.3 is 6.18 Å². The number of hydrogen-bond acceptors (Lipinski definition) is 6. The van der Waals surface area contributed by atoms with Crippen LogP contribution in [0.1, 0.15) is 31.2 Å². The van der Waals surface area contributed by atoms with Gasteiger partial charge in [0.05, 0.1) is 11.4 Å². The summed E-state index contributed by atoms with van der Waals surface area (Å²) in [6.45, 7) is 0. The SMILES string of the molecule is C[S+]([O-])c1ccc(-c2ccc([C@](C#CC3CC3)(N[C@@H](CS(C)(=O)=O)C(=O)NC3(N)CC3)C(F)(F)F)cc2)cc1. The average Bonchev–Trinajstić information content (AvgIpc) is 3.78. The smallest absolute Gasteiger partial charge is 0.422 e. The van der Waals surface area contributed by atoms with Crippen LogP contribution < -0.4 is 16.4 Å². The Morgan fingerprint density at radius 2 is 1.67 bits per heavy atom. The van der Waals surface area contributed by atoms with Crippen LogP contribution in [0.5, 0.6) is 0 Å². The maximum atomic E-state index is 15.0. The zero-order valence-corrected chi connectivity index (χ0v) is 23.1. The lowest BCUT2D eigenvalue weighted by molar-refractivity contribution is -0.184. The van der Waals surface area contributed by atoms with Gasteiger partial charge in [-0.3, -0.25) is 10.1 Å². The lowest BCUT2D eigenvalue weighted by atomic mass is 9.87. The molecule has 1 amide bonds. The quantitative estimate of drug-likeness (QED) is 0.238. The monoisotopic (exact) mass is 581 g/mol. The second-order valence-electron chi connectivity index (χ2n) is 10.3. The number of hydrogen-bond donors (Lipinski definition) is 3. The number of nitrogens with one attached hydrogen (secondary N) is 2. The van der Waals surface area contributed by atoms with E-state index in [1.165, 1.54) is 24.3 Å². The zero-order chi connectivity index (χ0) is 28.6. The fourth-order valence-electron chi connectivity index (χ4n) is 4.04. The molecule has 0 spiro atoms. The minimum absolute atomic E-state index is 0.198. The number of alkyl halides is 3. The fourth-order valence-corrected chi connectivity index (χ4v) is 5.40. The normalized spacial score (nSPS) is 19.7. The number of carbonyl (C=O) groups is 1. The van der Waals surface area contributed by atoms with Gasteiger partial charge in [-0.25, -0.2) is 8.42 Å². The highest BCUT2D eigenvalue weighted by Crippen LogP contribution is 2.41. The van der Waals surface area contributed by atoms with Gasteiger partial charge in [0.1, 0.15) is 22.1 Å². The molecule has 4 rings (SSSR count). The van der Waals surface area contributed by atoms with Crippen LogP contribution in [-0.4, -0.2) is 55.0 Å². The number of sulfone groups is 1. The fraction of sp³-hybridized carbons (Fsp3) is 0.444. The Morgan fingerprint density at radius 3 is 2.10 bits per heavy atom. The lowest BCUT2D eigenvalue weighted by Crippen LogP contribution is -2.63. The van der Waals surface area contributed by atoms with Gasteiger partial charge in [-0.2, -0.15) is 13.2 Å². The van der Waals surface area contributed by atoms with Crippen LogP contribution >= 0.6 is 0 Å². The van der Waals surface area contributed by atoms with Crippen LogP contribution in [0.4, 0.5) is 13.2 Å². The highest BCUT2D eigenvalue weighted by molar-refractivity contribution is 7.91. The molecule has 0 heterocycles. The Bertz CT molecular complexity index is 1380. The van der Waals surface area contributed by atoms with Gasteiger partial charge in [-0.05, 0) is 77.8 Å². The summed E-state index contributed by atoms with van der Waals surface area (Å²) < 4.78 is 80.9. The molecule has 2 fully saturated rings. The van der Waals surface area contributed by atoms with Crippen molar-refractivity contribution in [2.24, 2.45) is 11.7 Å². The molecule has 39 heavy (non-hydrogen) atoms. The number of carbonyl (C=O) groups excluding carboxylic acids is 1. The Balaban J connectivity index is 1.75. The van der Waals surface area contributed by atoms with Crippen molar-refractivity contribution in [3.8, 4) is 23.0 Å². The van der Waals surface area contributed by atoms with Crippen molar-refractivity contribution < 1.29 is 30.9 Å². The third-order valence-electron chi connectivity index (χ3n) is 6.64. The first kappa shape index (κ1) is 29.4. The van der Waals surface area contributed by atoms with Gasteiger partial charge in [-0.15, -0.1) is 0 Å². The van der Waals surface area contributed by atoms with E-state index in [0.717, 1.165) is 6.26 Å². The Kier molecular flexibility index (Phi) is 8.13. The number of benzene rings is 2. The molecule has 2 aromatic carbocycles. The first-order valence-corrected chi connectivity index (χ1v) is 15.9. The maximum absolute atomic E-state index is 15.0. The Labute approximate surface area is 229 Å². The summed E-state index contributed by atoms with van der Waals surface area (Å²) >= 11 is -1.17. The van der Waals surface area contributed by atoms with E-state index in [2.05, 4.69) is 22.5 Å². The van der Waals surface area contributed by atoms with E-state index >= 15 is 0 Å². The summed E-state index contributed by atoms with van der Waals surface area (Å²) in [5.74, 6) is 3.01. The first-order chi connectivity index (χ1) is 18.1. The van der Waals surface area contributed by atoms with Crippen molar-refractivity contribution in [1.29, 1.82) is 0 Å². The van der Waals surface area contributed by atoms with E-state index in [0.29, 0.717) is 41.7 Å². The standard InChI is InChI=1S/C27H30F3N3O4S2/c1-38(35)22-11-7-20(8-12-22)19-5-9-21(10-6-19)26(27(28,29)30,14-13-18-3-4-18)32-23(17-39(2,36)37)24(34)33-25(31)15-16-25/h5-12,18,23,32H,3-4,15-17,31H2,1-2H3,(H,33,34)/t23-,26-,38?/m0/s1. The molecule has 4 N–H and O–H groups in total. The summed E-state index contributed by atoms with van der Waals surface area (Å²) in [6.07, 6.45) is -0.406. The molecule has 12 heteroatoms. The molecule has 2 aliphatic rings. The second-order valence-corrected chi connectivity index (χ2v) is 13.8. The van der Waals surface area contributed by atoms with Crippen LogP contribution in [0.25, 0.3) is 11.1 Å². The predicted octanol–water partition coefficient (Wildman–Crippen LogP) is 2.83. The zero-order valence-electron chi connectivity index (χ0n) is 21.5. The third kappa shape index (κ3) is 7.35. The maximum Gasteiger partial charge on any atom is 0.422 e. The van der Waals surface area contributed by atoms with E-state index in [9.17, 15) is 30.9 Å². The molecule has 0 radical (unpaired) electrons. The first-order valence-electron chi connectivity index (χ1n) is 12.3.